The van der Waals surface area contributed by atoms with Crippen molar-refractivity contribution in [1.29, 1.82) is 0 Å². The second kappa shape index (κ2) is 7.89. The lowest BCUT2D eigenvalue weighted by Gasteiger charge is -2.10. The Kier molecular flexibility index (Phi) is 4.90. The smallest absolute Gasteiger partial charge is 0.279 e. The minimum atomic E-state index is -0.192. The van der Waals surface area contributed by atoms with Gasteiger partial charge >= 0.3 is 0 Å². The fourth-order valence-electron chi connectivity index (χ4n) is 3.71. The van der Waals surface area contributed by atoms with Gasteiger partial charge in [-0.05, 0) is 55.2 Å². The summed E-state index contributed by atoms with van der Waals surface area (Å²) in [6.45, 7) is 6.16. The van der Waals surface area contributed by atoms with Gasteiger partial charge in [0.25, 0.3) is 11.4 Å². The molecule has 32 heavy (non-hydrogen) atoms. The predicted molar refractivity (Wildman–Crippen MR) is 125 cm³/mol. The van der Waals surface area contributed by atoms with Crippen LogP contribution < -0.4 is 5.56 Å². The summed E-state index contributed by atoms with van der Waals surface area (Å²) in [6, 6.07) is 21.3. The first-order chi connectivity index (χ1) is 15.5. The number of nitrogens with zero attached hydrogens (tertiary/aromatic N) is 4. The van der Waals surface area contributed by atoms with Crippen LogP contribution in [0.25, 0.3) is 39.4 Å². The summed E-state index contributed by atoms with van der Waals surface area (Å²) in [7, 11) is 0. The fourth-order valence-corrected chi connectivity index (χ4v) is 3.71. The van der Waals surface area contributed by atoms with Crippen LogP contribution in [0, 0.1) is 13.8 Å². The Balaban J connectivity index is 1.69. The highest BCUT2D eigenvalue weighted by Gasteiger charge is 2.19. The van der Waals surface area contributed by atoms with E-state index in [9.17, 15) is 4.79 Å². The van der Waals surface area contributed by atoms with Crippen LogP contribution in [-0.4, -0.2) is 19.9 Å². The molecular weight excluding hydrogens is 400 g/mol. The van der Waals surface area contributed by atoms with E-state index in [0.717, 1.165) is 23.1 Å². The molecule has 6 nitrogen and oxygen atoms in total. The van der Waals surface area contributed by atoms with Crippen molar-refractivity contribution < 1.29 is 4.52 Å². The van der Waals surface area contributed by atoms with Gasteiger partial charge in [-0.3, -0.25) is 4.79 Å². The van der Waals surface area contributed by atoms with E-state index >= 15 is 0 Å². The van der Waals surface area contributed by atoms with Crippen LogP contribution in [0.5, 0.6) is 0 Å². The number of aromatic nitrogens is 4. The molecule has 5 rings (SSSR count). The number of benzene rings is 3. The molecule has 0 radical (unpaired) electrons. The quantitative estimate of drug-likeness (QED) is 0.394. The van der Waals surface area contributed by atoms with Gasteiger partial charge in [-0.2, -0.15) is 14.8 Å². The number of rotatable bonds is 4. The summed E-state index contributed by atoms with van der Waals surface area (Å²) in [5.41, 5.74) is 5.32. The molecule has 0 saturated carbocycles. The molecule has 6 heteroatoms. The third-order valence-electron chi connectivity index (χ3n) is 5.79. The van der Waals surface area contributed by atoms with Crippen molar-refractivity contribution in [3.05, 3.63) is 93.8 Å². The number of hydrogen-bond donors (Lipinski definition) is 0. The van der Waals surface area contributed by atoms with E-state index in [2.05, 4.69) is 34.3 Å². The molecule has 0 amide bonds. The zero-order valence-electron chi connectivity index (χ0n) is 18.2. The Hall–Kier alpha value is -4.06. The standard InChI is InChI=1S/C26H22N4O2/c1-4-18-10-12-19(13-11-18)24-27-25(32-29-24)23-21-7-5-6-8-22(21)26(31)30(28-23)20-14-9-16(2)17(3)15-20/h5-15H,4H2,1-3H3. The molecule has 0 spiro atoms. The van der Waals surface area contributed by atoms with E-state index in [-0.39, 0.29) is 11.4 Å². The van der Waals surface area contributed by atoms with Gasteiger partial charge < -0.3 is 4.52 Å². The summed E-state index contributed by atoms with van der Waals surface area (Å²) in [5.74, 6) is 0.755. The van der Waals surface area contributed by atoms with Crippen LogP contribution >= 0.6 is 0 Å². The molecule has 0 saturated heterocycles. The highest BCUT2D eigenvalue weighted by atomic mass is 16.5. The number of hydrogen-bond acceptors (Lipinski definition) is 5. The summed E-state index contributed by atoms with van der Waals surface area (Å²) < 4.78 is 7.01. The third kappa shape index (κ3) is 3.39. The fraction of sp³-hybridized carbons (Fsp3) is 0.154. The van der Waals surface area contributed by atoms with Gasteiger partial charge in [-0.25, -0.2) is 0 Å². The lowest BCUT2D eigenvalue weighted by Crippen LogP contribution is -2.22. The first-order valence-corrected chi connectivity index (χ1v) is 10.6. The highest BCUT2D eigenvalue weighted by molar-refractivity contribution is 5.92. The minimum absolute atomic E-state index is 0.192. The molecule has 0 N–H and O–H groups in total. The first-order valence-electron chi connectivity index (χ1n) is 10.6. The molecule has 2 heterocycles. The van der Waals surface area contributed by atoms with Gasteiger partial charge in [0.1, 0.15) is 0 Å². The van der Waals surface area contributed by atoms with Gasteiger partial charge in [0, 0.05) is 10.9 Å². The van der Waals surface area contributed by atoms with Crippen molar-refractivity contribution in [2.24, 2.45) is 0 Å². The van der Waals surface area contributed by atoms with E-state index < -0.39 is 0 Å². The van der Waals surface area contributed by atoms with Crippen LogP contribution in [0.3, 0.4) is 0 Å². The Morgan fingerprint density at radius 2 is 1.66 bits per heavy atom. The average Bonchev–Trinajstić information content (AvgIpc) is 3.31. The van der Waals surface area contributed by atoms with Crippen molar-refractivity contribution >= 4 is 10.8 Å². The molecule has 5 aromatic rings. The minimum Gasteiger partial charge on any atom is -0.332 e. The van der Waals surface area contributed by atoms with Crippen molar-refractivity contribution in [3.8, 4) is 28.7 Å². The van der Waals surface area contributed by atoms with Crippen LogP contribution in [0.15, 0.2) is 76.0 Å². The molecule has 3 aromatic carbocycles. The Labute approximate surface area is 185 Å². The lowest BCUT2D eigenvalue weighted by atomic mass is 10.1. The van der Waals surface area contributed by atoms with Crippen LogP contribution in [-0.2, 0) is 6.42 Å². The van der Waals surface area contributed by atoms with Crippen LogP contribution in [0.2, 0.25) is 0 Å². The zero-order valence-corrected chi connectivity index (χ0v) is 18.2. The monoisotopic (exact) mass is 422 g/mol. The van der Waals surface area contributed by atoms with E-state index in [1.165, 1.54) is 10.2 Å². The van der Waals surface area contributed by atoms with Gasteiger partial charge in [0.05, 0.1) is 11.1 Å². The van der Waals surface area contributed by atoms with Crippen molar-refractivity contribution in [1.82, 2.24) is 19.9 Å². The summed E-state index contributed by atoms with van der Waals surface area (Å²) in [4.78, 5) is 17.8. The molecule has 0 aliphatic rings. The van der Waals surface area contributed by atoms with Crippen molar-refractivity contribution in [2.75, 3.05) is 0 Å². The van der Waals surface area contributed by atoms with Crippen molar-refractivity contribution in [3.63, 3.8) is 0 Å². The normalized spacial score (nSPS) is 11.2. The second-order valence-corrected chi connectivity index (χ2v) is 7.85. The Morgan fingerprint density at radius 1 is 0.906 bits per heavy atom. The predicted octanol–water partition coefficient (Wildman–Crippen LogP) is 5.28. The molecule has 0 fully saturated rings. The number of fused-ring (bicyclic) bond motifs is 1. The maximum absolute atomic E-state index is 13.2. The van der Waals surface area contributed by atoms with Crippen molar-refractivity contribution in [2.45, 2.75) is 27.2 Å². The molecule has 0 atom stereocenters. The van der Waals surface area contributed by atoms with Gasteiger partial charge in [-0.1, -0.05) is 60.6 Å². The number of aryl methyl sites for hydroxylation is 3. The largest absolute Gasteiger partial charge is 0.332 e. The SMILES string of the molecule is CCc1ccc(-c2noc(-c3nn(-c4ccc(C)c(C)c4)c(=O)c4ccccc34)n2)cc1. The average molecular weight is 422 g/mol. The zero-order chi connectivity index (χ0) is 22.2. The van der Waals surface area contributed by atoms with Gasteiger partial charge in [0.15, 0.2) is 5.69 Å². The molecule has 0 unspecified atom stereocenters. The van der Waals surface area contributed by atoms with Crippen LogP contribution in [0.1, 0.15) is 23.6 Å². The molecule has 158 valence electrons. The summed E-state index contributed by atoms with van der Waals surface area (Å²) in [6.07, 6.45) is 0.966. The van der Waals surface area contributed by atoms with E-state index in [1.807, 2.05) is 62.4 Å². The van der Waals surface area contributed by atoms with Gasteiger partial charge in [0.2, 0.25) is 5.82 Å². The summed E-state index contributed by atoms with van der Waals surface area (Å²) >= 11 is 0. The Bertz CT molecular complexity index is 1500. The van der Waals surface area contributed by atoms with E-state index in [0.29, 0.717) is 28.0 Å². The lowest BCUT2D eigenvalue weighted by molar-refractivity contribution is 0.430. The van der Waals surface area contributed by atoms with Gasteiger partial charge in [-0.15, -0.1) is 0 Å². The molecular formula is C26H22N4O2. The van der Waals surface area contributed by atoms with E-state index in [1.54, 1.807) is 6.07 Å². The van der Waals surface area contributed by atoms with Crippen LogP contribution in [0.4, 0.5) is 0 Å². The highest BCUT2D eigenvalue weighted by Crippen LogP contribution is 2.27. The second-order valence-electron chi connectivity index (χ2n) is 7.85. The Morgan fingerprint density at radius 3 is 2.38 bits per heavy atom. The molecule has 2 aromatic heterocycles. The third-order valence-corrected chi connectivity index (χ3v) is 5.79. The summed E-state index contributed by atoms with van der Waals surface area (Å²) in [5, 5.41) is 10.0. The maximum Gasteiger partial charge on any atom is 0.279 e. The first kappa shape index (κ1) is 19.9. The molecule has 0 bridgehead atoms. The van der Waals surface area contributed by atoms with E-state index in [4.69, 9.17) is 4.52 Å². The molecule has 0 aliphatic heterocycles. The topological polar surface area (TPSA) is 73.8 Å². The molecule has 0 aliphatic carbocycles. The maximum atomic E-state index is 13.2.